The molecule has 0 spiro atoms. The maximum absolute atomic E-state index is 13.0. The lowest BCUT2D eigenvalue weighted by atomic mass is 10.1. The fraction of sp³-hybridized carbons (Fsp3) is 0.222. The van der Waals surface area contributed by atoms with Gasteiger partial charge >= 0.3 is 0 Å². The molecule has 4 heteroatoms. The Morgan fingerprint density at radius 1 is 1.77 bits per heavy atom. The van der Waals surface area contributed by atoms with Gasteiger partial charge in [-0.05, 0) is 6.07 Å². The second-order valence-electron chi connectivity index (χ2n) is 2.40. The summed E-state index contributed by atoms with van der Waals surface area (Å²) in [6.45, 7) is 3.39. The Balaban J connectivity index is 3.19. The highest BCUT2D eigenvalue weighted by Gasteiger charge is 2.14. The van der Waals surface area contributed by atoms with Crippen LogP contribution in [0.5, 0.6) is 5.75 Å². The largest absolute Gasteiger partial charge is 0.492 e. The van der Waals surface area contributed by atoms with Crippen LogP contribution in [0.3, 0.4) is 0 Å². The van der Waals surface area contributed by atoms with E-state index in [1.54, 1.807) is 0 Å². The average Bonchev–Trinajstić information content (AvgIpc) is 2.16. The highest BCUT2D eigenvalue weighted by Crippen LogP contribution is 2.26. The van der Waals surface area contributed by atoms with E-state index >= 15 is 0 Å². The summed E-state index contributed by atoms with van der Waals surface area (Å²) in [5.74, 6) is -0.782. The van der Waals surface area contributed by atoms with E-state index in [4.69, 9.17) is 4.74 Å². The van der Waals surface area contributed by atoms with E-state index in [0.29, 0.717) is 5.56 Å². The SMILES string of the molecule is C=CC(O)c1ccnc(F)c1OC. The van der Waals surface area contributed by atoms with Crippen molar-refractivity contribution >= 4 is 0 Å². The fourth-order valence-electron chi connectivity index (χ4n) is 0.998. The van der Waals surface area contributed by atoms with Gasteiger partial charge in [-0.3, -0.25) is 0 Å². The van der Waals surface area contributed by atoms with Gasteiger partial charge in [0.25, 0.3) is 5.95 Å². The lowest BCUT2D eigenvalue weighted by Crippen LogP contribution is -2.01. The summed E-state index contributed by atoms with van der Waals surface area (Å²) < 4.78 is 17.7. The summed E-state index contributed by atoms with van der Waals surface area (Å²) in [6.07, 6.45) is 1.62. The summed E-state index contributed by atoms with van der Waals surface area (Å²) >= 11 is 0. The third-order valence-electron chi connectivity index (χ3n) is 1.64. The molecule has 1 unspecified atom stereocenters. The molecule has 1 heterocycles. The molecule has 0 aliphatic rings. The minimum absolute atomic E-state index is 0.0464. The van der Waals surface area contributed by atoms with Crippen LogP contribution in [-0.2, 0) is 0 Å². The number of hydrogen-bond acceptors (Lipinski definition) is 3. The van der Waals surface area contributed by atoms with Gasteiger partial charge in [-0.2, -0.15) is 4.39 Å². The average molecular weight is 183 g/mol. The molecule has 0 aliphatic carbocycles. The number of ether oxygens (including phenoxy) is 1. The molecule has 0 fully saturated rings. The number of aromatic nitrogens is 1. The van der Waals surface area contributed by atoms with Crippen LogP contribution in [0.25, 0.3) is 0 Å². The molecule has 0 bridgehead atoms. The van der Waals surface area contributed by atoms with Gasteiger partial charge < -0.3 is 9.84 Å². The second-order valence-corrected chi connectivity index (χ2v) is 2.40. The number of nitrogens with zero attached hydrogens (tertiary/aromatic N) is 1. The summed E-state index contributed by atoms with van der Waals surface area (Å²) in [5, 5.41) is 9.37. The quantitative estimate of drug-likeness (QED) is 0.569. The Morgan fingerprint density at radius 2 is 2.46 bits per heavy atom. The minimum atomic E-state index is -0.938. The monoisotopic (exact) mass is 183 g/mol. The first-order valence-electron chi connectivity index (χ1n) is 3.69. The van der Waals surface area contributed by atoms with E-state index in [1.165, 1.54) is 25.4 Å². The van der Waals surface area contributed by atoms with Gasteiger partial charge in [0.1, 0.15) is 6.10 Å². The van der Waals surface area contributed by atoms with Gasteiger partial charge in [0.2, 0.25) is 0 Å². The summed E-state index contributed by atoms with van der Waals surface area (Å²) in [6, 6.07) is 1.48. The summed E-state index contributed by atoms with van der Waals surface area (Å²) in [5.41, 5.74) is 0.324. The maximum Gasteiger partial charge on any atom is 0.255 e. The molecule has 0 amide bonds. The van der Waals surface area contributed by atoms with Crippen molar-refractivity contribution in [3.05, 3.63) is 36.4 Å². The molecule has 1 atom stereocenters. The Kier molecular flexibility index (Phi) is 2.97. The van der Waals surface area contributed by atoms with E-state index < -0.39 is 12.1 Å². The third-order valence-corrected chi connectivity index (χ3v) is 1.64. The first-order chi connectivity index (χ1) is 6.20. The zero-order valence-electron chi connectivity index (χ0n) is 7.20. The standard InChI is InChI=1S/C9H10FNO2/c1-3-7(12)6-4-5-11-9(10)8(6)13-2/h3-5,7,12H,1H2,2H3. The lowest BCUT2D eigenvalue weighted by Gasteiger charge is -2.10. The molecule has 0 aliphatic heterocycles. The van der Waals surface area contributed by atoms with Gasteiger partial charge in [0, 0.05) is 11.8 Å². The highest BCUT2D eigenvalue weighted by atomic mass is 19.1. The van der Waals surface area contributed by atoms with Gasteiger partial charge in [-0.15, -0.1) is 6.58 Å². The number of hydrogen-bond donors (Lipinski definition) is 1. The van der Waals surface area contributed by atoms with Gasteiger partial charge in [0.05, 0.1) is 7.11 Å². The van der Waals surface area contributed by atoms with Gasteiger partial charge in [0.15, 0.2) is 5.75 Å². The molecule has 13 heavy (non-hydrogen) atoms. The van der Waals surface area contributed by atoms with Crippen LogP contribution in [0.4, 0.5) is 4.39 Å². The Bertz CT molecular complexity index is 314. The first kappa shape index (κ1) is 9.67. The maximum atomic E-state index is 13.0. The van der Waals surface area contributed by atoms with Crippen LogP contribution < -0.4 is 4.74 Å². The highest BCUT2D eigenvalue weighted by molar-refractivity contribution is 5.34. The zero-order valence-corrected chi connectivity index (χ0v) is 7.20. The Labute approximate surface area is 75.5 Å². The topological polar surface area (TPSA) is 42.4 Å². The predicted octanol–water partition coefficient (Wildman–Crippen LogP) is 1.45. The van der Waals surface area contributed by atoms with Crippen LogP contribution in [0, 0.1) is 5.95 Å². The van der Waals surface area contributed by atoms with Crippen molar-refractivity contribution in [2.45, 2.75) is 6.10 Å². The van der Waals surface area contributed by atoms with Crippen molar-refractivity contribution in [3.8, 4) is 5.75 Å². The molecular formula is C9H10FNO2. The Morgan fingerprint density at radius 3 is 3.00 bits per heavy atom. The summed E-state index contributed by atoms with van der Waals surface area (Å²) in [4.78, 5) is 3.39. The van der Waals surface area contributed by atoms with Gasteiger partial charge in [-0.25, -0.2) is 4.98 Å². The van der Waals surface area contributed by atoms with Crippen molar-refractivity contribution < 1.29 is 14.2 Å². The molecule has 70 valence electrons. The molecule has 0 saturated carbocycles. The molecule has 1 aromatic rings. The Hall–Kier alpha value is -1.42. The summed E-state index contributed by atoms with van der Waals surface area (Å²) in [7, 11) is 1.32. The third kappa shape index (κ3) is 1.84. The van der Waals surface area contributed by atoms with E-state index in [2.05, 4.69) is 11.6 Å². The number of aliphatic hydroxyl groups excluding tert-OH is 1. The predicted molar refractivity (Wildman–Crippen MR) is 45.9 cm³/mol. The number of methoxy groups -OCH3 is 1. The van der Waals surface area contributed by atoms with E-state index in [9.17, 15) is 9.50 Å². The number of pyridine rings is 1. The molecule has 3 nitrogen and oxygen atoms in total. The molecule has 0 radical (unpaired) electrons. The number of halogens is 1. The first-order valence-corrected chi connectivity index (χ1v) is 3.69. The van der Waals surface area contributed by atoms with E-state index in [0.717, 1.165) is 0 Å². The van der Waals surface area contributed by atoms with Crippen LogP contribution >= 0.6 is 0 Å². The van der Waals surface area contributed by atoms with E-state index in [-0.39, 0.29) is 5.75 Å². The number of aliphatic hydroxyl groups is 1. The molecule has 0 aromatic carbocycles. The minimum Gasteiger partial charge on any atom is -0.492 e. The number of rotatable bonds is 3. The van der Waals surface area contributed by atoms with Gasteiger partial charge in [-0.1, -0.05) is 6.08 Å². The zero-order chi connectivity index (χ0) is 9.84. The van der Waals surface area contributed by atoms with Crippen molar-refractivity contribution in [1.29, 1.82) is 0 Å². The fourth-order valence-corrected chi connectivity index (χ4v) is 0.998. The van der Waals surface area contributed by atoms with Crippen molar-refractivity contribution in [3.63, 3.8) is 0 Å². The van der Waals surface area contributed by atoms with Crippen molar-refractivity contribution in [1.82, 2.24) is 4.98 Å². The molecule has 0 saturated heterocycles. The molecule has 1 N–H and O–H groups in total. The smallest absolute Gasteiger partial charge is 0.255 e. The van der Waals surface area contributed by atoms with Crippen LogP contribution in [0.1, 0.15) is 11.7 Å². The van der Waals surface area contributed by atoms with Crippen LogP contribution in [0.2, 0.25) is 0 Å². The van der Waals surface area contributed by atoms with Crippen molar-refractivity contribution in [2.24, 2.45) is 0 Å². The molecule has 1 aromatic heterocycles. The lowest BCUT2D eigenvalue weighted by molar-refractivity contribution is 0.220. The molecular weight excluding hydrogens is 173 g/mol. The van der Waals surface area contributed by atoms with Crippen LogP contribution in [-0.4, -0.2) is 17.2 Å². The van der Waals surface area contributed by atoms with Crippen LogP contribution in [0.15, 0.2) is 24.9 Å². The molecule has 1 rings (SSSR count). The normalized spacial score (nSPS) is 12.2. The van der Waals surface area contributed by atoms with Crippen molar-refractivity contribution in [2.75, 3.05) is 7.11 Å². The van der Waals surface area contributed by atoms with E-state index in [1.807, 2.05) is 0 Å². The second kappa shape index (κ2) is 4.00.